The zero-order valence-electron chi connectivity index (χ0n) is 10.9. The summed E-state index contributed by atoms with van der Waals surface area (Å²) in [6.45, 7) is 0.0726. The van der Waals surface area contributed by atoms with Gasteiger partial charge in [-0.05, 0) is 19.3 Å². The minimum absolute atomic E-state index is 0.0182. The number of carbonyl (C=O) groups is 2. The van der Waals surface area contributed by atoms with Crippen molar-refractivity contribution in [1.82, 2.24) is 10.2 Å². The van der Waals surface area contributed by atoms with E-state index in [9.17, 15) is 14.7 Å². The molecule has 2 amide bonds. The molecule has 2 unspecified atom stereocenters. The fourth-order valence-electron chi connectivity index (χ4n) is 2.82. The van der Waals surface area contributed by atoms with Crippen LogP contribution in [0.5, 0.6) is 0 Å². The number of methoxy groups -OCH3 is 1. The van der Waals surface area contributed by atoms with Crippen molar-refractivity contribution >= 4 is 12.0 Å². The third-order valence-corrected chi connectivity index (χ3v) is 3.87. The van der Waals surface area contributed by atoms with Crippen LogP contribution in [0.1, 0.15) is 25.7 Å². The van der Waals surface area contributed by atoms with Crippen molar-refractivity contribution in [2.45, 2.75) is 50.0 Å². The maximum atomic E-state index is 12.1. The number of carboxylic acids is 1. The third-order valence-electron chi connectivity index (χ3n) is 3.87. The number of nitrogens with zero attached hydrogens (tertiary/aromatic N) is 1. The average molecular weight is 272 g/mol. The second kappa shape index (κ2) is 5.75. The number of nitrogens with one attached hydrogen (secondary N) is 1. The zero-order valence-corrected chi connectivity index (χ0v) is 10.9. The molecule has 0 bridgehead atoms. The van der Waals surface area contributed by atoms with E-state index in [2.05, 4.69) is 5.32 Å². The average Bonchev–Trinajstić information content (AvgIpc) is 2.95. The number of β-amino-alcohol motifs (C(OH)–C–C–N with tert-alkyl or cyclic N) is 1. The molecule has 1 saturated heterocycles. The van der Waals surface area contributed by atoms with Crippen LogP contribution in [0.2, 0.25) is 0 Å². The van der Waals surface area contributed by atoms with Gasteiger partial charge in [-0.25, -0.2) is 9.59 Å². The molecule has 0 aromatic rings. The Bertz CT molecular complexity index is 362. The van der Waals surface area contributed by atoms with E-state index in [1.807, 2.05) is 0 Å². The van der Waals surface area contributed by atoms with Gasteiger partial charge in [0.05, 0.1) is 12.2 Å². The van der Waals surface area contributed by atoms with Gasteiger partial charge in [-0.2, -0.15) is 0 Å². The molecule has 0 aromatic heterocycles. The van der Waals surface area contributed by atoms with Crippen LogP contribution in [0.3, 0.4) is 0 Å². The van der Waals surface area contributed by atoms with Crippen LogP contribution < -0.4 is 5.32 Å². The first kappa shape index (κ1) is 14.1. The van der Waals surface area contributed by atoms with E-state index in [4.69, 9.17) is 9.84 Å². The highest BCUT2D eigenvalue weighted by atomic mass is 16.5. The molecule has 4 atom stereocenters. The van der Waals surface area contributed by atoms with Crippen molar-refractivity contribution in [3.8, 4) is 0 Å². The number of aliphatic hydroxyl groups excluding tert-OH is 1. The van der Waals surface area contributed by atoms with Gasteiger partial charge in [0.15, 0.2) is 0 Å². The van der Waals surface area contributed by atoms with Gasteiger partial charge in [0.2, 0.25) is 0 Å². The van der Waals surface area contributed by atoms with E-state index in [1.54, 1.807) is 7.11 Å². The second-order valence-corrected chi connectivity index (χ2v) is 5.21. The molecule has 19 heavy (non-hydrogen) atoms. The Morgan fingerprint density at radius 1 is 1.32 bits per heavy atom. The van der Waals surface area contributed by atoms with Gasteiger partial charge in [-0.15, -0.1) is 0 Å². The summed E-state index contributed by atoms with van der Waals surface area (Å²) in [5.74, 6) is -1.08. The summed E-state index contributed by atoms with van der Waals surface area (Å²) in [7, 11) is 1.64. The van der Waals surface area contributed by atoms with Gasteiger partial charge in [0, 0.05) is 26.1 Å². The Kier molecular flexibility index (Phi) is 4.26. The number of aliphatic hydroxyl groups is 1. The lowest BCUT2D eigenvalue weighted by molar-refractivity contribution is -0.141. The fourth-order valence-corrected chi connectivity index (χ4v) is 2.82. The Hall–Kier alpha value is -1.34. The molecular formula is C12H20N2O5. The standard InChI is InChI=1S/C12H20N2O5/c1-19-9-3-2-7(4-9)13-12(18)14-6-8(15)5-10(14)11(16)17/h7-10,15H,2-6H2,1H3,(H,13,18)(H,16,17)/t7?,8-,9?,10-/m1/s1. The Labute approximate surface area is 111 Å². The fraction of sp³-hybridized carbons (Fsp3) is 0.833. The highest BCUT2D eigenvalue weighted by Crippen LogP contribution is 2.23. The second-order valence-electron chi connectivity index (χ2n) is 5.21. The topological polar surface area (TPSA) is 99.1 Å². The quantitative estimate of drug-likeness (QED) is 0.660. The highest BCUT2D eigenvalue weighted by Gasteiger charge is 2.40. The van der Waals surface area contributed by atoms with Gasteiger partial charge in [0.25, 0.3) is 0 Å². The van der Waals surface area contributed by atoms with Gasteiger partial charge in [0.1, 0.15) is 6.04 Å². The van der Waals surface area contributed by atoms with Crippen LogP contribution in [-0.2, 0) is 9.53 Å². The minimum Gasteiger partial charge on any atom is -0.480 e. The maximum absolute atomic E-state index is 12.1. The molecule has 108 valence electrons. The van der Waals surface area contributed by atoms with Crippen LogP contribution >= 0.6 is 0 Å². The summed E-state index contributed by atoms with van der Waals surface area (Å²) >= 11 is 0. The predicted octanol–water partition coefficient (Wildman–Crippen LogP) is -0.217. The van der Waals surface area contributed by atoms with E-state index in [0.717, 1.165) is 19.3 Å². The third kappa shape index (κ3) is 3.16. The molecule has 0 radical (unpaired) electrons. The van der Waals surface area contributed by atoms with E-state index in [1.165, 1.54) is 4.90 Å². The van der Waals surface area contributed by atoms with Crippen molar-refractivity contribution in [3.05, 3.63) is 0 Å². The van der Waals surface area contributed by atoms with Crippen molar-refractivity contribution in [3.63, 3.8) is 0 Å². The summed E-state index contributed by atoms with van der Waals surface area (Å²) in [5.41, 5.74) is 0. The molecule has 2 fully saturated rings. The number of hydrogen-bond donors (Lipinski definition) is 3. The van der Waals surface area contributed by atoms with Crippen LogP contribution in [0.25, 0.3) is 0 Å². The number of ether oxygens (including phenoxy) is 1. The van der Waals surface area contributed by atoms with E-state index < -0.39 is 24.1 Å². The summed E-state index contributed by atoms with van der Waals surface area (Å²) < 4.78 is 5.23. The van der Waals surface area contributed by atoms with Crippen LogP contribution in [0, 0.1) is 0 Å². The number of carbonyl (C=O) groups excluding carboxylic acids is 1. The molecule has 1 aliphatic heterocycles. The number of amides is 2. The van der Waals surface area contributed by atoms with Gasteiger partial charge in [-0.1, -0.05) is 0 Å². The molecule has 0 spiro atoms. The molecule has 1 aliphatic carbocycles. The molecule has 1 heterocycles. The number of hydrogen-bond acceptors (Lipinski definition) is 4. The molecule has 1 saturated carbocycles. The van der Waals surface area contributed by atoms with Crippen molar-refractivity contribution < 1.29 is 24.5 Å². The number of rotatable bonds is 3. The molecule has 7 nitrogen and oxygen atoms in total. The van der Waals surface area contributed by atoms with E-state index >= 15 is 0 Å². The minimum atomic E-state index is -1.08. The van der Waals surface area contributed by atoms with Crippen LogP contribution in [0.4, 0.5) is 4.79 Å². The lowest BCUT2D eigenvalue weighted by Gasteiger charge is -2.24. The molecule has 7 heteroatoms. The van der Waals surface area contributed by atoms with Gasteiger partial charge < -0.3 is 25.2 Å². The Morgan fingerprint density at radius 3 is 2.63 bits per heavy atom. The highest BCUT2D eigenvalue weighted by molar-refractivity contribution is 5.83. The lowest BCUT2D eigenvalue weighted by Crippen LogP contribution is -2.48. The van der Waals surface area contributed by atoms with Crippen LogP contribution in [0.15, 0.2) is 0 Å². The Morgan fingerprint density at radius 2 is 2.05 bits per heavy atom. The van der Waals surface area contributed by atoms with Crippen LogP contribution in [-0.4, -0.2) is 65.1 Å². The number of aliphatic carboxylic acids is 1. The normalized spacial score (nSPS) is 34.5. The zero-order chi connectivity index (χ0) is 14.0. The first-order valence-electron chi connectivity index (χ1n) is 6.52. The Balaban J connectivity index is 1.90. The number of carboxylic acid groups (broad SMARTS) is 1. The molecule has 3 N–H and O–H groups in total. The van der Waals surface area contributed by atoms with Gasteiger partial charge in [-0.3, -0.25) is 0 Å². The van der Waals surface area contributed by atoms with E-state index in [0.29, 0.717) is 0 Å². The monoisotopic (exact) mass is 272 g/mol. The predicted molar refractivity (Wildman–Crippen MR) is 65.7 cm³/mol. The summed E-state index contributed by atoms with van der Waals surface area (Å²) in [6.07, 6.45) is 1.96. The molecule has 2 rings (SSSR count). The van der Waals surface area contributed by atoms with E-state index in [-0.39, 0.29) is 25.1 Å². The lowest BCUT2D eigenvalue weighted by atomic mass is 10.2. The summed E-state index contributed by atoms with van der Waals surface area (Å²) in [4.78, 5) is 24.3. The molecular weight excluding hydrogens is 252 g/mol. The summed E-state index contributed by atoms with van der Waals surface area (Å²) in [6, 6.07) is -1.33. The van der Waals surface area contributed by atoms with Gasteiger partial charge >= 0.3 is 12.0 Å². The first-order valence-corrected chi connectivity index (χ1v) is 6.52. The molecule has 0 aromatic carbocycles. The van der Waals surface area contributed by atoms with Crippen molar-refractivity contribution in [1.29, 1.82) is 0 Å². The largest absolute Gasteiger partial charge is 0.480 e. The maximum Gasteiger partial charge on any atom is 0.326 e. The summed E-state index contributed by atoms with van der Waals surface area (Å²) in [5, 5.41) is 21.4. The van der Waals surface area contributed by atoms with Crippen molar-refractivity contribution in [2.24, 2.45) is 0 Å². The SMILES string of the molecule is COC1CCC(NC(=O)N2C[C@H](O)C[C@@H]2C(=O)O)C1. The molecule has 2 aliphatic rings. The van der Waals surface area contributed by atoms with Crippen molar-refractivity contribution in [2.75, 3.05) is 13.7 Å². The number of urea groups is 1. The smallest absolute Gasteiger partial charge is 0.326 e. The number of likely N-dealkylation sites (tertiary alicyclic amines) is 1. The first-order chi connectivity index (χ1) is 9.01.